The predicted octanol–water partition coefficient (Wildman–Crippen LogP) is 3.45. The Morgan fingerprint density at radius 2 is 1.78 bits per heavy atom. The highest BCUT2D eigenvalue weighted by Gasteiger charge is 2.19. The number of ketones is 1. The lowest BCUT2D eigenvalue weighted by atomic mass is 9.96. The van der Waals surface area contributed by atoms with E-state index in [-0.39, 0.29) is 18.7 Å². The Morgan fingerprint density at radius 3 is 2.43 bits per heavy atom. The van der Waals surface area contributed by atoms with Gasteiger partial charge in [0.25, 0.3) is 0 Å². The van der Waals surface area contributed by atoms with Gasteiger partial charge in [-0.25, -0.2) is 0 Å². The fraction of sp³-hybridized carbons (Fsp3) is 0.167. The van der Waals surface area contributed by atoms with Crippen molar-refractivity contribution in [3.05, 3.63) is 81.9 Å². The molecule has 0 bridgehead atoms. The van der Waals surface area contributed by atoms with Crippen molar-refractivity contribution in [1.29, 1.82) is 0 Å². The van der Waals surface area contributed by atoms with Crippen LogP contribution in [-0.4, -0.2) is 17.3 Å². The third kappa shape index (κ3) is 5.07. The number of hydrogen-bond acceptors (Lipinski definition) is 4. The number of benzene rings is 2. The Morgan fingerprint density at radius 1 is 1.13 bits per heavy atom. The average molecular weight is 310 g/mol. The molecule has 5 heteroatoms. The largest absolute Gasteiger partial charge is 0.398 e. The SMILES string of the molecule is Nc1ccccc1C(=O)C[C@H](/C=C/c1ccccc1)C[N+](=O)[O-]. The number of Topliss-reactive ketones (excluding diaryl/α,β-unsaturated/α-hetero) is 1. The number of nitrogens with zero attached hydrogens (tertiary/aromatic N) is 1. The van der Waals surface area contributed by atoms with Gasteiger partial charge in [0.15, 0.2) is 5.78 Å². The number of hydrogen-bond donors (Lipinski definition) is 1. The number of carbonyl (C=O) groups excluding carboxylic acids is 1. The van der Waals surface area contributed by atoms with Crippen LogP contribution in [0.1, 0.15) is 22.3 Å². The van der Waals surface area contributed by atoms with Crippen LogP contribution in [0, 0.1) is 16.0 Å². The lowest BCUT2D eigenvalue weighted by molar-refractivity contribution is -0.485. The monoisotopic (exact) mass is 310 g/mol. The van der Waals surface area contributed by atoms with Crippen LogP contribution in [0.5, 0.6) is 0 Å². The third-order valence-corrected chi connectivity index (χ3v) is 3.45. The smallest absolute Gasteiger partial charge is 0.210 e. The van der Waals surface area contributed by atoms with E-state index >= 15 is 0 Å². The topological polar surface area (TPSA) is 86.2 Å². The summed E-state index contributed by atoms with van der Waals surface area (Å²) in [5.41, 5.74) is 7.53. The van der Waals surface area contributed by atoms with E-state index in [1.165, 1.54) is 0 Å². The second-order valence-corrected chi connectivity index (χ2v) is 5.26. The normalized spacial score (nSPS) is 12.2. The minimum absolute atomic E-state index is 0.0541. The zero-order chi connectivity index (χ0) is 16.7. The van der Waals surface area contributed by atoms with Gasteiger partial charge in [-0.2, -0.15) is 0 Å². The number of carbonyl (C=O) groups is 1. The minimum Gasteiger partial charge on any atom is -0.398 e. The molecule has 0 radical (unpaired) electrons. The first-order valence-electron chi connectivity index (χ1n) is 7.29. The van der Waals surface area contributed by atoms with E-state index in [1.807, 2.05) is 30.3 Å². The Labute approximate surface area is 134 Å². The molecule has 23 heavy (non-hydrogen) atoms. The summed E-state index contributed by atoms with van der Waals surface area (Å²) >= 11 is 0. The molecule has 0 saturated heterocycles. The summed E-state index contributed by atoms with van der Waals surface area (Å²) in [4.78, 5) is 22.8. The fourth-order valence-corrected chi connectivity index (χ4v) is 2.30. The van der Waals surface area contributed by atoms with Crippen LogP contribution in [0.15, 0.2) is 60.7 Å². The maximum Gasteiger partial charge on any atom is 0.210 e. The first-order valence-corrected chi connectivity index (χ1v) is 7.29. The maximum atomic E-state index is 12.3. The van der Waals surface area contributed by atoms with Crippen molar-refractivity contribution in [3.8, 4) is 0 Å². The second-order valence-electron chi connectivity index (χ2n) is 5.26. The number of para-hydroxylation sites is 1. The number of nitrogen functional groups attached to an aromatic ring is 1. The summed E-state index contributed by atoms with van der Waals surface area (Å²) in [5, 5.41) is 10.8. The molecule has 2 aromatic carbocycles. The van der Waals surface area contributed by atoms with E-state index in [4.69, 9.17) is 5.73 Å². The molecule has 0 aliphatic carbocycles. The second kappa shape index (κ2) is 7.89. The van der Waals surface area contributed by atoms with Crippen LogP contribution in [0.2, 0.25) is 0 Å². The summed E-state index contributed by atoms with van der Waals surface area (Å²) in [6, 6.07) is 16.2. The third-order valence-electron chi connectivity index (χ3n) is 3.45. The Kier molecular flexibility index (Phi) is 5.63. The van der Waals surface area contributed by atoms with Crippen molar-refractivity contribution in [2.45, 2.75) is 6.42 Å². The van der Waals surface area contributed by atoms with Gasteiger partial charge in [0, 0.05) is 28.5 Å². The highest BCUT2D eigenvalue weighted by Crippen LogP contribution is 2.18. The van der Waals surface area contributed by atoms with Crippen molar-refractivity contribution in [2.24, 2.45) is 5.92 Å². The van der Waals surface area contributed by atoms with E-state index < -0.39 is 10.8 Å². The highest BCUT2D eigenvalue weighted by molar-refractivity contribution is 6.00. The Bertz CT molecular complexity index is 711. The molecule has 5 nitrogen and oxygen atoms in total. The molecule has 0 aromatic heterocycles. The lowest BCUT2D eigenvalue weighted by Crippen LogP contribution is -2.17. The molecule has 118 valence electrons. The molecule has 0 aliphatic rings. The summed E-state index contributed by atoms with van der Waals surface area (Å²) < 4.78 is 0. The molecule has 0 unspecified atom stereocenters. The van der Waals surface area contributed by atoms with E-state index in [9.17, 15) is 14.9 Å². The molecule has 2 N–H and O–H groups in total. The lowest BCUT2D eigenvalue weighted by Gasteiger charge is -2.09. The molecule has 1 atom stereocenters. The van der Waals surface area contributed by atoms with Gasteiger partial charge in [0.05, 0.1) is 0 Å². The molecule has 0 fully saturated rings. The molecule has 0 heterocycles. The standard InChI is InChI=1S/C18H18N2O3/c19-17-9-5-4-8-16(17)18(21)12-15(13-20(22)23)11-10-14-6-2-1-3-7-14/h1-11,15H,12-13,19H2/b11-10+/t15-/m0/s1. The summed E-state index contributed by atoms with van der Waals surface area (Å²) in [5.74, 6) is -0.662. The van der Waals surface area contributed by atoms with Crippen molar-refractivity contribution in [3.63, 3.8) is 0 Å². The zero-order valence-corrected chi connectivity index (χ0v) is 12.6. The van der Waals surface area contributed by atoms with Crippen LogP contribution in [0.25, 0.3) is 6.08 Å². The Balaban J connectivity index is 2.12. The summed E-state index contributed by atoms with van der Waals surface area (Å²) in [6.07, 6.45) is 3.57. The van der Waals surface area contributed by atoms with Crippen molar-refractivity contribution < 1.29 is 9.72 Å². The maximum absolute atomic E-state index is 12.3. The van der Waals surface area contributed by atoms with Crippen LogP contribution >= 0.6 is 0 Å². The van der Waals surface area contributed by atoms with Crippen LogP contribution in [0.3, 0.4) is 0 Å². The van der Waals surface area contributed by atoms with Crippen LogP contribution in [-0.2, 0) is 0 Å². The zero-order valence-electron chi connectivity index (χ0n) is 12.6. The van der Waals surface area contributed by atoms with Crippen molar-refractivity contribution >= 4 is 17.5 Å². The first-order chi connectivity index (χ1) is 11.1. The minimum atomic E-state index is -0.475. The molecule has 2 aromatic rings. The van der Waals surface area contributed by atoms with Gasteiger partial charge >= 0.3 is 0 Å². The number of anilines is 1. The van der Waals surface area contributed by atoms with Gasteiger partial charge in [-0.1, -0.05) is 54.6 Å². The summed E-state index contributed by atoms with van der Waals surface area (Å²) in [7, 11) is 0. The quantitative estimate of drug-likeness (QED) is 0.367. The van der Waals surface area contributed by atoms with Crippen LogP contribution < -0.4 is 5.73 Å². The molecule has 0 spiro atoms. The van der Waals surface area contributed by atoms with Gasteiger partial charge in [0.1, 0.15) is 0 Å². The van der Waals surface area contributed by atoms with Crippen molar-refractivity contribution in [2.75, 3.05) is 12.3 Å². The first kappa shape index (κ1) is 16.4. The highest BCUT2D eigenvalue weighted by atomic mass is 16.6. The molecular formula is C18H18N2O3. The number of nitro groups is 1. The van der Waals surface area contributed by atoms with E-state index in [0.29, 0.717) is 11.3 Å². The Hall–Kier alpha value is -2.95. The number of nitrogens with two attached hydrogens (primary N) is 1. The van der Waals surface area contributed by atoms with Gasteiger partial charge < -0.3 is 5.73 Å². The van der Waals surface area contributed by atoms with E-state index in [2.05, 4.69) is 0 Å². The summed E-state index contributed by atoms with van der Waals surface area (Å²) in [6.45, 7) is -0.290. The van der Waals surface area contributed by atoms with Crippen LogP contribution in [0.4, 0.5) is 5.69 Å². The molecule has 0 aliphatic heterocycles. The van der Waals surface area contributed by atoms with Gasteiger partial charge in [-0.15, -0.1) is 0 Å². The van der Waals surface area contributed by atoms with E-state index in [1.54, 1.807) is 36.4 Å². The average Bonchev–Trinajstić information content (AvgIpc) is 2.53. The fourth-order valence-electron chi connectivity index (χ4n) is 2.30. The molecular weight excluding hydrogens is 292 g/mol. The van der Waals surface area contributed by atoms with E-state index in [0.717, 1.165) is 5.56 Å². The molecule has 0 amide bonds. The van der Waals surface area contributed by atoms with Crippen molar-refractivity contribution in [1.82, 2.24) is 0 Å². The van der Waals surface area contributed by atoms with Gasteiger partial charge in [0.2, 0.25) is 6.54 Å². The van der Waals surface area contributed by atoms with Gasteiger partial charge in [-0.05, 0) is 17.7 Å². The predicted molar refractivity (Wildman–Crippen MR) is 90.6 cm³/mol. The number of rotatable bonds is 7. The van der Waals surface area contributed by atoms with Gasteiger partial charge in [-0.3, -0.25) is 14.9 Å². The molecule has 2 rings (SSSR count). The molecule has 0 saturated carbocycles.